The van der Waals surface area contributed by atoms with Crippen LogP contribution in [-0.2, 0) is 20.7 Å². The molecule has 2 aromatic carbocycles. The summed E-state index contributed by atoms with van der Waals surface area (Å²) in [7, 11) is 0. The van der Waals surface area contributed by atoms with E-state index in [1.807, 2.05) is 32.0 Å². The summed E-state index contributed by atoms with van der Waals surface area (Å²) >= 11 is 0. The van der Waals surface area contributed by atoms with E-state index in [1.165, 1.54) is 0 Å². The molecule has 0 spiro atoms. The average Bonchev–Trinajstić information content (AvgIpc) is 2.68. The van der Waals surface area contributed by atoms with E-state index in [1.54, 1.807) is 36.4 Å². The maximum Gasteiger partial charge on any atom is 0.345 e. The Labute approximate surface area is 159 Å². The zero-order valence-electron chi connectivity index (χ0n) is 15.7. The van der Waals surface area contributed by atoms with Crippen LogP contribution in [0.2, 0.25) is 0 Å². The van der Waals surface area contributed by atoms with E-state index in [0.29, 0.717) is 24.7 Å². The lowest BCUT2D eigenvalue weighted by atomic mass is 10.1. The van der Waals surface area contributed by atoms with Crippen molar-refractivity contribution in [3.05, 3.63) is 60.2 Å². The second kappa shape index (κ2) is 11.2. The second-order valence-corrected chi connectivity index (χ2v) is 5.76. The van der Waals surface area contributed by atoms with Crippen LogP contribution in [0.4, 0.5) is 0 Å². The first-order chi connectivity index (χ1) is 13.1. The number of carboxylic acid groups (broad SMARTS) is 1. The molecule has 0 saturated carbocycles. The highest BCUT2D eigenvalue weighted by Gasteiger charge is 2.20. The van der Waals surface area contributed by atoms with Gasteiger partial charge in [-0.2, -0.15) is 0 Å². The van der Waals surface area contributed by atoms with Crippen molar-refractivity contribution in [3.63, 3.8) is 0 Å². The molecule has 6 nitrogen and oxygen atoms in total. The van der Waals surface area contributed by atoms with Crippen molar-refractivity contribution in [1.82, 2.24) is 0 Å². The van der Waals surface area contributed by atoms with Crippen molar-refractivity contribution >= 4 is 5.97 Å². The minimum atomic E-state index is -1.00. The fourth-order valence-electron chi connectivity index (χ4n) is 2.46. The van der Waals surface area contributed by atoms with E-state index in [2.05, 4.69) is 0 Å². The highest BCUT2D eigenvalue weighted by Crippen LogP contribution is 2.17. The van der Waals surface area contributed by atoms with Gasteiger partial charge >= 0.3 is 5.97 Å². The van der Waals surface area contributed by atoms with Crippen LogP contribution in [0, 0.1) is 0 Å². The molecular weight excluding hydrogens is 348 g/mol. The predicted molar refractivity (Wildman–Crippen MR) is 101 cm³/mol. The van der Waals surface area contributed by atoms with Gasteiger partial charge in [0.05, 0.1) is 0 Å². The summed E-state index contributed by atoms with van der Waals surface area (Å²) in [5.41, 5.74) is 0.844. The minimum Gasteiger partial charge on any atom is -0.488 e. The highest BCUT2D eigenvalue weighted by molar-refractivity contribution is 5.73. The van der Waals surface area contributed by atoms with E-state index in [9.17, 15) is 9.90 Å². The number of carbonyl (C=O) groups is 1. The number of para-hydroxylation sites is 1. The summed E-state index contributed by atoms with van der Waals surface area (Å²) in [5, 5.41) is 9.42. The number of carboxylic acids is 1. The van der Waals surface area contributed by atoms with Crippen molar-refractivity contribution in [2.45, 2.75) is 32.7 Å². The van der Waals surface area contributed by atoms with E-state index in [4.69, 9.17) is 18.9 Å². The molecule has 0 aromatic heterocycles. The van der Waals surface area contributed by atoms with Gasteiger partial charge in [-0.05, 0) is 43.7 Å². The fourth-order valence-corrected chi connectivity index (χ4v) is 2.46. The third-order valence-corrected chi connectivity index (χ3v) is 3.73. The third kappa shape index (κ3) is 7.29. The van der Waals surface area contributed by atoms with Gasteiger partial charge < -0.3 is 24.1 Å². The Morgan fingerprint density at radius 3 is 2.11 bits per heavy atom. The van der Waals surface area contributed by atoms with Crippen LogP contribution < -0.4 is 9.47 Å². The van der Waals surface area contributed by atoms with Crippen LogP contribution in [0.5, 0.6) is 11.5 Å². The van der Waals surface area contributed by atoms with Gasteiger partial charge in [0.25, 0.3) is 0 Å². The molecule has 1 atom stereocenters. The lowest BCUT2D eigenvalue weighted by molar-refractivity contribution is -0.152. The Hall–Kier alpha value is -2.57. The van der Waals surface area contributed by atoms with Crippen molar-refractivity contribution in [2.24, 2.45) is 0 Å². The molecule has 0 radical (unpaired) electrons. The standard InChI is InChI=1S/C21H26O6/c1-3-24-20(25-4-2)15-26-17-12-10-16(11-13-17)14-19(21(22)23)27-18-8-6-5-7-9-18/h5-13,19-20H,3-4,14-15H2,1-2H3,(H,22,23). The monoisotopic (exact) mass is 374 g/mol. The first-order valence-corrected chi connectivity index (χ1v) is 9.01. The summed E-state index contributed by atoms with van der Waals surface area (Å²) in [4.78, 5) is 11.5. The van der Waals surface area contributed by atoms with Crippen molar-refractivity contribution in [1.29, 1.82) is 0 Å². The quantitative estimate of drug-likeness (QED) is 0.573. The van der Waals surface area contributed by atoms with Crippen LogP contribution in [-0.4, -0.2) is 43.3 Å². The van der Waals surface area contributed by atoms with Crippen molar-refractivity contribution in [3.8, 4) is 11.5 Å². The molecule has 0 aliphatic heterocycles. The van der Waals surface area contributed by atoms with Gasteiger partial charge in [0, 0.05) is 19.6 Å². The van der Waals surface area contributed by atoms with Gasteiger partial charge in [-0.15, -0.1) is 0 Å². The minimum absolute atomic E-state index is 0.255. The topological polar surface area (TPSA) is 74.2 Å². The SMILES string of the molecule is CCOC(COc1ccc(CC(Oc2ccccc2)C(=O)O)cc1)OCC. The maximum atomic E-state index is 11.5. The smallest absolute Gasteiger partial charge is 0.345 e. The highest BCUT2D eigenvalue weighted by atomic mass is 16.7. The molecule has 2 rings (SSSR count). The molecule has 0 aliphatic carbocycles. The van der Waals surface area contributed by atoms with Gasteiger partial charge in [0.1, 0.15) is 18.1 Å². The first kappa shape index (κ1) is 20.7. The van der Waals surface area contributed by atoms with Crippen LogP contribution in [0.3, 0.4) is 0 Å². The van der Waals surface area contributed by atoms with E-state index >= 15 is 0 Å². The molecule has 2 aromatic rings. The lowest BCUT2D eigenvalue weighted by Crippen LogP contribution is -2.29. The molecule has 6 heteroatoms. The Bertz CT molecular complexity index is 665. The lowest BCUT2D eigenvalue weighted by Gasteiger charge is -2.18. The number of hydrogen-bond acceptors (Lipinski definition) is 5. The normalized spacial score (nSPS) is 12.0. The number of aliphatic carboxylic acids is 1. The summed E-state index contributed by atoms with van der Waals surface area (Å²) < 4.78 is 22.1. The maximum absolute atomic E-state index is 11.5. The third-order valence-electron chi connectivity index (χ3n) is 3.73. The Morgan fingerprint density at radius 2 is 1.56 bits per heavy atom. The Balaban J connectivity index is 1.91. The van der Waals surface area contributed by atoms with Gasteiger partial charge in [0.15, 0.2) is 12.4 Å². The molecule has 0 heterocycles. The summed E-state index contributed by atoms with van der Waals surface area (Å²) in [6.45, 7) is 5.18. The van der Waals surface area contributed by atoms with Gasteiger partial charge in [-0.3, -0.25) is 0 Å². The molecule has 1 unspecified atom stereocenters. The molecule has 0 bridgehead atoms. The number of benzene rings is 2. The van der Waals surface area contributed by atoms with Crippen molar-refractivity contribution < 1.29 is 28.8 Å². The van der Waals surface area contributed by atoms with E-state index in [-0.39, 0.29) is 13.0 Å². The summed E-state index contributed by atoms with van der Waals surface area (Å²) in [5.74, 6) is 0.192. The number of ether oxygens (including phenoxy) is 4. The largest absolute Gasteiger partial charge is 0.488 e. The number of hydrogen-bond donors (Lipinski definition) is 1. The van der Waals surface area contributed by atoms with Crippen LogP contribution in [0.25, 0.3) is 0 Å². The average molecular weight is 374 g/mol. The van der Waals surface area contributed by atoms with Crippen LogP contribution >= 0.6 is 0 Å². The van der Waals surface area contributed by atoms with Gasteiger partial charge in [0.2, 0.25) is 0 Å². The Kier molecular flexibility index (Phi) is 8.61. The van der Waals surface area contributed by atoms with Crippen molar-refractivity contribution in [2.75, 3.05) is 19.8 Å². The second-order valence-electron chi connectivity index (χ2n) is 5.76. The molecule has 1 N–H and O–H groups in total. The fraction of sp³-hybridized carbons (Fsp3) is 0.381. The molecular formula is C21H26O6. The van der Waals surface area contributed by atoms with Crippen LogP contribution in [0.1, 0.15) is 19.4 Å². The molecule has 0 fully saturated rings. The molecule has 0 amide bonds. The van der Waals surface area contributed by atoms with Gasteiger partial charge in [-0.1, -0.05) is 30.3 Å². The molecule has 146 valence electrons. The molecule has 27 heavy (non-hydrogen) atoms. The summed E-state index contributed by atoms with van der Waals surface area (Å²) in [6, 6.07) is 16.2. The van der Waals surface area contributed by atoms with E-state index in [0.717, 1.165) is 5.56 Å². The first-order valence-electron chi connectivity index (χ1n) is 9.01. The van der Waals surface area contributed by atoms with Gasteiger partial charge in [-0.25, -0.2) is 4.79 Å². The summed E-state index contributed by atoms with van der Waals surface area (Å²) in [6.07, 6.45) is -1.11. The molecule has 0 aliphatic rings. The zero-order chi connectivity index (χ0) is 19.5. The molecule has 0 saturated heterocycles. The Morgan fingerprint density at radius 1 is 0.926 bits per heavy atom. The van der Waals surface area contributed by atoms with E-state index < -0.39 is 18.4 Å². The van der Waals surface area contributed by atoms with Crippen LogP contribution in [0.15, 0.2) is 54.6 Å². The number of rotatable bonds is 12. The zero-order valence-corrected chi connectivity index (χ0v) is 15.7. The predicted octanol–water partition coefficient (Wildman–Crippen LogP) is 3.54.